The average Bonchev–Trinajstić information content (AvgIpc) is 2.56. The van der Waals surface area contributed by atoms with E-state index in [1.807, 2.05) is 18.2 Å². The van der Waals surface area contributed by atoms with Crippen LogP contribution in [0.15, 0.2) is 75.0 Å². The van der Waals surface area contributed by atoms with Gasteiger partial charge in [-0.1, -0.05) is 53.7 Å². The Kier molecular flexibility index (Phi) is 4.01. The number of carbonyl (C=O) groups excluding carboxylic acids is 1. The van der Waals surface area contributed by atoms with Crippen molar-refractivity contribution in [2.75, 3.05) is 0 Å². The van der Waals surface area contributed by atoms with E-state index in [4.69, 9.17) is 9.25 Å². The van der Waals surface area contributed by atoms with Gasteiger partial charge in [0.2, 0.25) is 0 Å². The predicted octanol–water partition coefficient (Wildman–Crippen LogP) is 3.11. The van der Waals surface area contributed by atoms with Crippen LogP contribution >= 0.6 is 0 Å². The van der Waals surface area contributed by atoms with Gasteiger partial charge in [-0.25, -0.2) is 9.59 Å². The summed E-state index contributed by atoms with van der Waals surface area (Å²) in [5.74, 6) is -0.566. The van der Waals surface area contributed by atoms with Crippen LogP contribution in [0.25, 0.3) is 11.0 Å². The largest absolute Gasteiger partial charge is 0.422 e. The smallest absolute Gasteiger partial charge is 0.345 e. The van der Waals surface area contributed by atoms with Gasteiger partial charge in [0.25, 0.3) is 0 Å². The Hall–Kier alpha value is -3.21. The zero-order chi connectivity index (χ0) is 16.2. The van der Waals surface area contributed by atoms with E-state index >= 15 is 0 Å². The van der Waals surface area contributed by atoms with Crippen molar-refractivity contribution in [3.8, 4) is 0 Å². The highest BCUT2D eigenvalue weighted by Gasteiger charge is 2.15. The van der Waals surface area contributed by atoms with E-state index in [1.165, 1.54) is 6.92 Å². The highest BCUT2D eigenvalue weighted by atomic mass is 16.7. The third kappa shape index (κ3) is 3.18. The molecule has 0 amide bonds. The molecule has 0 bridgehead atoms. The Morgan fingerprint density at radius 2 is 1.74 bits per heavy atom. The number of hydrogen-bond acceptors (Lipinski definition) is 5. The second-order valence-corrected chi connectivity index (χ2v) is 4.87. The maximum absolute atomic E-state index is 12.3. The molecule has 0 fully saturated rings. The fourth-order valence-electron chi connectivity index (χ4n) is 2.19. The molecule has 0 radical (unpaired) electrons. The third-order valence-corrected chi connectivity index (χ3v) is 3.21. The van der Waals surface area contributed by atoms with Crippen LogP contribution in [0.2, 0.25) is 0 Å². The lowest BCUT2D eigenvalue weighted by Crippen LogP contribution is -2.16. The van der Waals surface area contributed by atoms with Crippen LogP contribution in [0.5, 0.6) is 0 Å². The maximum atomic E-state index is 12.3. The molecule has 0 spiro atoms. The first-order valence-electron chi connectivity index (χ1n) is 6.99. The lowest BCUT2D eigenvalue weighted by atomic mass is 10.0. The average molecular weight is 307 g/mol. The van der Waals surface area contributed by atoms with Crippen LogP contribution in [0.3, 0.4) is 0 Å². The molecule has 0 aliphatic heterocycles. The summed E-state index contributed by atoms with van der Waals surface area (Å²) in [4.78, 5) is 28.1. The summed E-state index contributed by atoms with van der Waals surface area (Å²) < 4.78 is 5.33. The molecule has 0 unspecified atom stereocenters. The lowest BCUT2D eigenvalue weighted by molar-refractivity contribution is -0.140. The van der Waals surface area contributed by atoms with Gasteiger partial charge in [-0.05, 0) is 12.1 Å². The van der Waals surface area contributed by atoms with Gasteiger partial charge >= 0.3 is 11.6 Å². The molecule has 2 aromatic carbocycles. The van der Waals surface area contributed by atoms with E-state index in [2.05, 4.69) is 5.16 Å². The van der Waals surface area contributed by atoms with Gasteiger partial charge in [0.15, 0.2) is 0 Å². The minimum absolute atomic E-state index is 0.233. The Morgan fingerprint density at radius 1 is 1.04 bits per heavy atom. The molecular weight excluding hydrogens is 294 g/mol. The topological polar surface area (TPSA) is 68.9 Å². The normalized spacial score (nSPS) is 11.4. The molecule has 0 aliphatic carbocycles. The summed E-state index contributed by atoms with van der Waals surface area (Å²) in [5, 5.41) is 4.60. The summed E-state index contributed by atoms with van der Waals surface area (Å²) in [6, 6.07) is 17.9. The van der Waals surface area contributed by atoms with E-state index in [9.17, 15) is 9.59 Å². The minimum atomic E-state index is -0.566. The first kappa shape index (κ1) is 14.7. The number of oxime groups is 1. The van der Waals surface area contributed by atoms with Crippen LogP contribution in [0.4, 0.5) is 0 Å². The van der Waals surface area contributed by atoms with Gasteiger partial charge in [-0.3, -0.25) is 0 Å². The second kappa shape index (κ2) is 6.27. The molecule has 0 N–H and O–H groups in total. The number of carbonyl (C=O) groups is 1. The molecule has 1 aromatic heterocycles. The summed E-state index contributed by atoms with van der Waals surface area (Å²) in [5.41, 5.74) is 1.08. The number of nitrogens with zero attached hydrogens (tertiary/aromatic N) is 1. The zero-order valence-corrected chi connectivity index (χ0v) is 12.4. The molecule has 0 atom stereocenters. The summed E-state index contributed by atoms with van der Waals surface area (Å²) >= 11 is 0. The van der Waals surface area contributed by atoms with Crippen LogP contribution in [0.1, 0.15) is 18.1 Å². The monoisotopic (exact) mass is 307 g/mol. The molecule has 3 rings (SSSR count). The van der Waals surface area contributed by atoms with E-state index in [-0.39, 0.29) is 11.3 Å². The van der Waals surface area contributed by atoms with Crippen LogP contribution in [0, 0.1) is 0 Å². The predicted molar refractivity (Wildman–Crippen MR) is 86.3 cm³/mol. The SMILES string of the molecule is CC(=O)ON=C(c1ccccc1)c1cc2ccccc2oc1=O. The highest BCUT2D eigenvalue weighted by molar-refractivity contribution is 6.13. The minimum Gasteiger partial charge on any atom is -0.422 e. The Labute approximate surface area is 131 Å². The molecule has 23 heavy (non-hydrogen) atoms. The fraction of sp³-hybridized carbons (Fsp3) is 0.0556. The maximum Gasteiger partial charge on any atom is 0.345 e. The van der Waals surface area contributed by atoms with Crippen molar-refractivity contribution in [1.82, 2.24) is 0 Å². The van der Waals surface area contributed by atoms with Gasteiger partial charge in [0.05, 0.1) is 5.56 Å². The molecular formula is C18H13NO4. The number of benzene rings is 2. The van der Waals surface area contributed by atoms with Crippen LogP contribution in [-0.4, -0.2) is 11.7 Å². The van der Waals surface area contributed by atoms with Crippen LogP contribution < -0.4 is 5.63 Å². The summed E-state index contributed by atoms with van der Waals surface area (Å²) in [6.45, 7) is 1.25. The third-order valence-electron chi connectivity index (χ3n) is 3.21. The Morgan fingerprint density at radius 3 is 2.48 bits per heavy atom. The standard InChI is InChI=1S/C18H13NO4/c1-12(20)23-19-17(13-7-3-2-4-8-13)15-11-14-9-5-6-10-16(14)22-18(15)21/h2-11H,1H3. The van der Waals surface area contributed by atoms with E-state index < -0.39 is 11.6 Å². The first-order chi connectivity index (χ1) is 11.1. The van der Waals surface area contributed by atoms with Crippen molar-refractivity contribution < 1.29 is 14.0 Å². The Balaban J connectivity index is 2.21. The number of hydrogen-bond donors (Lipinski definition) is 0. The highest BCUT2D eigenvalue weighted by Crippen LogP contribution is 2.16. The Bertz CT molecular complexity index is 942. The molecule has 5 nitrogen and oxygen atoms in total. The van der Waals surface area contributed by atoms with Crippen molar-refractivity contribution in [1.29, 1.82) is 0 Å². The molecule has 0 saturated carbocycles. The molecule has 114 valence electrons. The number of rotatable bonds is 3. The van der Waals surface area contributed by atoms with Gasteiger partial charge in [0, 0.05) is 17.9 Å². The van der Waals surface area contributed by atoms with Crippen molar-refractivity contribution >= 4 is 22.7 Å². The molecule has 3 aromatic rings. The quantitative estimate of drug-likeness (QED) is 0.323. The van der Waals surface area contributed by atoms with Crippen molar-refractivity contribution in [3.63, 3.8) is 0 Å². The van der Waals surface area contributed by atoms with Gasteiger partial charge in [0.1, 0.15) is 11.3 Å². The van der Waals surface area contributed by atoms with Crippen molar-refractivity contribution in [3.05, 3.63) is 82.2 Å². The van der Waals surface area contributed by atoms with Gasteiger partial charge < -0.3 is 9.25 Å². The summed E-state index contributed by atoms with van der Waals surface area (Å²) in [6.07, 6.45) is 0. The molecule has 0 saturated heterocycles. The van der Waals surface area contributed by atoms with E-state index in [0.717, 1.165) is 5.39 Å². The van der Waals surface area contributed by atoms with Crippen LogP contribution in [-0.2, 0) is 9.63 Å². The van der Waals surface area contributed by atoms with Gasteiger partial charge in [-0.15, -0.1) is 0 Å². The molecule has 1 heterocycles. The molecule has 0 aliphatic rings. The summed E-state index contributed by atoms with van der Waals surface area (Å²) in [7, 11) is 0. The van der Waals surface area contributed by atoms with E-state index in [1.54, 1.807) is 42.5 Å². The van der Waals surface area contributed by atoms with Gasteiger partial charge in [-0.2, -0.15) is 0 Å². The number of para-hydroxylation sites is 1. The number of fused-ring (bicyclic) bond motifs is 1. The van der Waals surface area contributed by atoms with E-state index in [0.29, 0.717) is 11.1 Å². The first-order valence-corrected chi connectivity index (χ1v) is 6.99. The van der Waals surface area contributed by atoms with Crippen molar-refractivity contribution in [2.24, 2.45) is 5.16 Å². The lowest BCUT2D eigenvalue weighted by Gasteiger charge is -2.06. The second-order valence-electron chi connectivity index (χ2n) is 4.87. The van der Waals surface area contributed by atoms with Crippen molar-refractivity contribution in [2.45, 2.75) is 6.92 Å². The molecule has 5 heteroatoms. The zero-order valence-electron chi connectivity index (χ0n) is 12.4. The fourth-order valence-corrected chi connectivity index (χ4v) is 2.19.